The van der Waals surface area contributed by atoms with E-state index in [2.05, 4.69) is 27.6 Å². The molecule has 1 aliphatic rings. The van der Waals surface area contributed by atoms with E-state index in [4.69, 9.17) is 4.74 Å². The Morgan fingerprint density at radius 2 is 1.93 bits per heavy atom. The fraction of sp³-hybridized carbons (Fsp3) is 0.526. The number of hydrogen-bond donors (Lipinski definition) is 1. The van der Waals surface area contributed by atoms with Crippen molar-refractivity contribution in [2.24, 2.45) is 0 Å². The molecule has 3 rings (SSSR count). The zero-order valence-electron chi connectivity index (χ0n) is 15.6. The van der Waals surface area contributed by atoms with Crippen LogP contribution >= 0.6 is 34.9 Å². The van der Waals surface area contributed by atoms with Gasteiger partial charge in [-0.25, -0.2) is 0 Å². The molecule has 2 aromatic rings. The third kappa shape index (κ3) is 6.40. The molecule has 0 unspecified atom stereocenters. The lowest BCUT2D eigenvalue weighted by Gasteiger charge is -2.24. The van der Waals surface area contributed by atoms with Gasteiger partial charge in [-0.15, -0.1) is 10.2 Å². The van der Waals surface area contributed by atoms with Gasteiger partial charge in [-0.05, 0) is 37.5 Å². The summed E-state index contributed by atoms with van der Waals surface area (Å²) in [6.07, 6.45) is 5.94. The minimum atomic E-state index is -0.153. The molecule has 1 saturated carbocycles. The van der Waals surface area contributed by atoms with Crippen LogP contribution in [0.1, 0.15) is 44.6 Å². The molecule has 1 aromatic heterocycles. The molecule has 146 valence electrons. The van der Waals surface area contributed by atoms with Gasteiger partial charge in [0.25, 0.3) is 0 Å². The Kier molecular flexibility index (Phi) is 7.84. The van der Waals surface area contributed by atoms with Crippen molar-refractivity contribution in [2.45, 2.75) is 64.8 Å². The molecule has 1 aromatic carbocycles. The second-order valence-electron chi connectivity index (χ2n) is 6.57. The molecule has 1 aliphatic carbocycles. The molecular formula is C19H25N3O2S3. The van der Waals surface area contributed by atoms with Gasteiger partial charge >= 0.3 is 0 Å². The van der Waals surface area contributed by atoms with Crippen molar-refractivity contribution in [2.75, 3.05) is 7.11 Å². The lowest BCUT2D eigenvalue weighted by atomic mass is 9.95. The molecule has 1 heterocycles. The van der Waals surface area contributed by atoms with E-state index in [9.17, 15) is 4.79 Å². The number of nitrogens with zero attached hydrogens (tertiary/aromatic N) is 2. The minimum absolute atomic E-state index is 0.106. The SMILES string of the molecule is COc1ccc(CSc2nnc(S[C@H](C)C(=O)NC3CCCCC3)s2)cc1. The summed E-state index contributed by atoms with van der Waals surface area (Å²) >= 11 is 4.70. The van der Waals surface area contributed by atoms with Gasteiger partial charge in [0.05, 0.1) is 12.4 Å². The van der Waals surface area contributed by atoms with E-state index in [0.29, 0.717) is 6.04 Å². The highest BCUT2D eigenvalue weighted by Gasteiger charge is 2.21. The summed E-state index contributed by atoms with van der Waals surface area (Å²) in [6, 6.07) is 8.38. The fourth-order valence-electron chi connectivity index (χ4n) is 2.94. The first-order chi connectivity index (χ1) is 13.1. The Morgan fingerprint density at radius 3 is 2.63 bits per heavy atom. The third-order valence-electron chi connectivity index (χ3n) is 4.51. The highest BCUT2D eigenvalue weighted by molar-refractivity contribution is 8.03. The van der Waals surface area contributed by atoms with E-state index < -0.39 is 0 Å². The van der Waals surface area contributed by atoms with Crippen LogP contribution in [0.15, 0.2) is 32.9 Å². The Labute approximate surface area is 173 Å². The van der Waals surface area contributed by atoms with Crippen molar-refractivity contribution in [1.82, 2.24) is 15.5 Å². The van der Waals surface area contributed by atoms with Gasteiger partial charge in [-0.2, -0.15) is 0 Å². The fourth-order valence-corrected chi connectivity index (χ4v) is 6.07. The standard InChI is InChI=1S/C19H25N3O2S3/c1-13(17(23)20-15-6-4-3-5-7-15)26-19-22-21-18(27-19)25-12-14-8-10-16(24-2)11-9-14/h8-11,13,15H,3-7,12H2,1-2H3,(H,20,23)/t13-/m1/s1. The van der Waals surface area contributed by atoms with Crippen LogP contribution in [-0.4, -0.2) is 34.5 Å². The lowest BCUT2D eigenvalue weighted by molar-refractivity contribution is -0.121. The minimum Gasteiger partial charge on any atom is -0.497 e. The first-order valence-corrected chi connectivity index (χ1v) is 11.9. The number of ether oxygens (including phenoxy) is 1. The third-order valence-corrected chi connectivity index (χ3v) is 7.82. The summed E-state index contributed by atoms with van der Waals surface area (Å²) in [4.78, 5) is 12.4. The second kappa shape index (κ2) is 10.3. The second-order valence-corrected chi connectivity index (χ2v) is 10.4. The number of thioether (sulfide) groups is 2. The number of carbonyl (C=O) groups is 1. The van der Waals surface area contributed by atoms with Gasteiger partial charge in [0, 0.05) is 11.8 Å². The molecule has 1 atom stereocenters. The Hall–Kier alpha value is -1.25. The monoisotopic (exact) mass is 423 g/mol. The van der Waals surface area contributed by atoms with E-state index in [-0.39, 0.29) is 11.2 Å². The summed E-state index contributed by atoms with van der Waals surface area (Å²) in [6.45, 7) is 1.94. The number of aromatic nitrogens is 2. The number of benzene rings is 1. The van der Waals surface area contributed by atoms with Gasteiger partial charge in [-0.1, -0.05) is 66.3 Å². The number of rotatable bonds is 8. The van der Waals surface area contributed by atoms with Crippen LogP contribution in [0.2, 0.25) is 0 Å². The largest absolute Gasteiger partial charge is 0.497 e. The van der Waals surface area contributed by atoms with Gasteiger partial charge in [0.1, 0.15) is 5.75 Å². The van der Waals surface area contributed by atoms with Gasteiger partial charge in [0.2, 0.25) is 5.91 Å². The lowest BCUT2D eigenvalue weighted by Crippen LogP contribution is -2.40. The van der Waals surface area contributed by atoms with Crippen molar-refractivity contribution >= 4 is 40.8 Å². The molecule has 0 saturated heterocycles. The van der Waals surface area contributed by atoms with Crippen LogP contribution < -0.4 is 10.1 Å². The molecule has 1 amide bonds. The summed E-state index contributed by atoms with van der Waals surface area (Å²) in [5, 5.41) is 11.5. The molecule has 1 N–H and O–H groups in total. The number of carbonyl (C=O) groups excluding carboxylic acids is 1. The predicted molar refractivity (Wildman–Crippen MR) is 113 cm³/mol. The Morgan fingerprint density at radius 1 is 1.22 bits per heavy atom. The maximum absolute atomic E-state index is 12.4. The average molecular weight is 424 g/mol. The van der Waals surface area contributed by atoms with Gasteiger partial charge < -0.3 is 10.1 Å². The summed E-state index contributed by atoms with van der Waals surface area (Å²) in [7, 11) is 1.67. The maximum Gasteiger partial charge on any atom is 0.233 e. The van der Waals surface area contributed by atoms with E-state index in [1.165, 1.54) is 36.6 Å². The van der Waals surface area contributed by atoms with E-state index in [1.807, 2.05) is 19.1 Å². The van der Waals surface area contributed by atoms with Crippen LogP contribution in [0.25, 0.3) is 0 Å². The van der Waals surface area contributed by atoms with E-state index in [1.54, 1.807) is 30.2 Å². The van der Waals surface area contributed by atoms with Crippen LogP contribution in [0, 0.1) is 0 Å². The van der Waals surface area contributed by atoms with Crippen molar-refractivity contribution < 1.29 is 9.53 Å². The maximum atomic E-state index is 12.4. The van der Waals surface area contributed by atoms with Crippen molar-refractivity contribution in [3.05, 3.63) is 29.8 Å². The van der Waals surface area contributed by atoms with Crippen LogP contribution in [0.5, 0.6) is 5.75 Å². The van der Waals surface area contributed by atoms with Crippen molar-refractivity contribution in [3.8, 4) is 5.75 Å². The number of methoxy groups -OCH3 is 1. The zero-order chi connectivity index (χ0) is 19.1. The molecule has 0 spiro atoms. The Bertz CT molecular complexity index is 730. The first kappa shape index (κ1) is 20.5. The molecule has 1 fully saturated rings. The van der Waals surface area contributed by atoms with Crippen LogP contribution in [0.4, 0.5) is 0 Å². The van der Waals surface area contributed by atoms with Gasteiger partial charge in [-0.3, -0.25) is 4.79 Å². The summed E-state index contributed by atoms with van der Waals surface area (Å²) in [5.41, 5.74) is 1.21. The topological polar surface area (TPSA) is 64.1 Å². The van der Waals surface area contributed by atoms with Gasteiger partial charge in [0.15, 0.2) is 8.68 Å². The first-order valence-electron chi connectivity index (χ1n) is 9.20. The zero-order valence-corrected chi connectivity index (χ0v) is 18.1. The molecule has 0 aliphatic heterocycles. The number of amides is 1. The van der Waals surface area contributed by atoms with E-state index >= 15 is 0 Å². The highest BCUT2D eigenvalue weighted by atomic mass is 32.2. The van der Waals surface area contributed by atoms with Crippen molar-refractivity contribution in [1.29, 1.82) is 0 Å². The average Bonchev–Trinajstić information content (AvgIpc) is 3.15. The van der Waals surface area contributed by atoms with Crippen LogP contribution in [0.3, 0.4) is 0 Å². The van der Waals surface area contributed by atoms with E-state index in [0.717, 1.165) is 33.0 Å². The normalized spacial score (nSPS) is 16.1. The molecule has 5 nitrogen and oxygen atoms in total. The van der Waals surface area contributed by atoms with Crippen LogP contribution in [-0.2, 0) is 10.5 Å². The molecule has 0 bridgehead atoms. The number of nitrogens with one attached hydrogen (secondary N) is 1. The predicted octanol–water partition coefficient (Wildman–Crippen LogP) is 4.77. The highest BCUT2D eigenvalue weighted by Crippen LogP contribution is 2.33. The molecule has 0 radical (unpaired) electrons. The number of hydrogen-bond acceptors (Lipinski definition) is 7. The quantitative estimate of drug-likeness (QED) is 0.617. The smallest absolute Gasteiger partial charge is 0.233 e. The molecule has 27 heavy (non-hydrogen) atoms. The summed E-state index contributed by atoms with van der Waals surface area (Å²) < 4.78 is 6.95. The Balaban J connectivity index is 1.45. The molecule has 8 heteroatoms. The summed E-state index contributed by atoms with van der Waals surface area (Å²) in [5.74, 6) is 1.80. The molecular weight excluding hydrogens is 398 g/mol. The van der Waals surface area contributed by atoms with Crippen molar-refractivity contribution in [3.63, 3.8) is 0 Å².